The van der Waals surface area contributed by atoms with Gasteiger partial charge in [0, 0.05) is 6.42 Å². The molecule has 0 radical (unpaired) electrons. The Morgan fingerprint density at radius 3 is 2.56 bits per heavy atom. The highest BCUT2D eigenvalue weighted by Gasteiger charge is 2.33. The summed E-state index contributed by atoms with van der Waals surface area (Å²) in [5.41, 5.74) is 2.09. The molecule has 1 heterocycles. The minimum Gasteiger partial charge on any atom is -0.494 e. The summed E-state index contributed by atoms with van der Waals surface area (Å²) in [6.07, 6.45) is 7.37. The molecule has 0 aliphatic heterocycles. The topological polar surface area (TPSA) is 72.9 Å². The molecule has 1 aromatic heterocycles. The molecule has 2 aliphatic carbocycles. The smallest absolute Gasteiger partial charge is 0.175 e. The third kappa shape index (κ3) is 5.57. The average Bonchev–Trinajstić information content (AvgIpc) is 3.58. The van der Waals surface area contributed by atoms with Crippen molar-refractivity contribution < 1.29 is 13.9 Å². The largest absolute Gasteiger partial charge is 0.494 e. The molecular formula is C27H33FN4O2. The van der Waals surface area contributed by atoms with Crippen molar-refractivity contribution in [3.05, 3.63) is 65.2 Å². The van der Waals surface area contributed by atoms with Crippen LogP contribution >= 0.6 is 0 Å². The lowest BCUT2D eigenvalue weighted by Gasteiger charge is -2.29. The van der Waals surface area contributed by atoms with Crippen molar-refractivity contribution >= 4 is 0 Å². The van der Waals surface area contributed by atoms with Gasteiger partial charge in [0.2, 0.25) is 0 Å². The van der Waals surface area contributed by atoms with E-state index < -0.39 is 0 Å². The zero-order valence-electron chi connectivity index (χ0n) is 19.8. The third-order valence-corrected chi connectivity index (χ3v) is 7.32. The van der Waals surface area contributed by atoms with Gasteiger partial charge in [0.05, 0.1) is 13.2 Å². The molecule has 2 fully saturated rings. The van der Waals surface area contributed by atoms with Gasteiger partial charge in [0.1, 0.15) is 17.3 Å². The summed E-state index contributed by atoms with van der Waals surface area (Å²) < 4.78 is 26.3. The number of aromatic amines is 1. The van der Waals surface area contributed by atoms with Crippen LogP contribution in [0.4, 0.5) is 4.39 Å². The van der Waals surface area contributed by atoms with Gasteiger partial charge in [-0.05, 0) is 111 Å². The summed E-state index contributed by atoms with van der Waals surface area (Å²) >= 11 is 0. The predicted octanol–water partition coefficient (Wildman–Crippen LogP) is 5.83. The van der Waals surface area contributed by atoms with Gasteiger partial charge >= 0.3 is 0 Å². The van der Waals surface area contributed by atoms with Crippen LogP contribution < -0.4 is 9.47 Å². The first-order valence-electron chi connectivity index (χ1n) is 12.6. The zero-order chi connectivity index (χ0) is 23.3. The lowest BCUT2D eigenvalue weighted by Crippen LogP contribution is -2.20. The van der Waals surface area contributed by atoms with Gasteiger partial charge in [0.15, 0.2) is 5.82 Å². The average molecular weight is 465 g/mol. The first-order chi connectivity index (χ1) is 16.7. The molecule has 0 saturated heterocycles. The normalized spacial score (nSPS) is 21.2. The molecule has 2 saturated carbocycles. The third-order valence-electron chi connectivity index (χ3n) is 7.32. The Hall–Kier alpha value is -2.96. The van der Waals surface area contributed by atoms with Crippen LogP contribution in [-0.4, -0.2) is 33.8 Å². The molecule has 3 aromatic rings. The number of nitrogens with zero attached hydrogens (tertiary/aromatic N) is 3. The van der Waals surface area contributed by atoms with E-state index in [-0.39, 0.29) is 11.7 Å². The zero-order valence-corrected chi connectivity index (χ0v) is 19.8. The van der Waals surface area contributed by atoms with Crippen LogP contribution in [-0.2, 0) is 6.42 Å². The number of aromatic nitrogens is 4. The monoisotopic (exact) mass is 464 g/mol. The maximum Gasteiger partial charge on any atom is 0.175 e. The number of benzene rings is 2. The van der Waals surface area contributed by atoms with Crippen LogP contribution in [0.15, 0.2) is 42.5 Å². The standard InChI is InChI=1S/C27H33FN4O2/c1-2-33-23-12-13-26(28)25(15-23)20-8-6-18(7-9-20)17-34-22-5-3-4-21(14-22)24(19-10-11-19)16-27-29-31-32-30-27/h3-5,12-15,18-20,24H,2,6-11,16-17H2,1H3,(H,29,30,31,32). The molecule has 6 nitrogen and oxygen atoms in total. The molecule has 5 rings (SSSR count). The highest BCUT2D eigenvalue weighted by atomic mass is 19.1. The van der Waals surface area contributed by atoms with Gasteiger partial charge in [-0.3, -0.25) is 0 Å². The van der Waals surface area contributed by atoms with E-state index in [1.54, 1.807) is 6.07 Å². The molecule has 1 unspecified atom stereocenters. The molecule has 7 heteroatoms. The Bertz CT molecular complexity index is 1060. The van der Waals surface area contributed by atoms with Crippen LogP contribution in [0.1, 0.15) is 74.2 Å². The van der Waals surface area contributed by atoms with Gasteiger partial charge in [-0.15, -0.1) is 10.2 Å². The van der Waals surface area contributed by atoms with Gasteiger partial charge in [0.25, 0.3) is 0 Å². The summed E-state index contributed by atoms with van der Waals surface area (Å²) in [7, 11) is 0. The number of hydrogen-bond acceptors (Lipinski definition) is 5. The molecule has 1 atom stereocenters. The number of tetrazole rings is 1. The number of hydrogen-bond donors (Lipinski definition) is 1. The fourth-order valence-electron chi connectivity index (χ4n) is 5.30. The number of halogens is 1. The summed E-state index contributed by atoms with van der Waals surface area (Å²) in [4.78, 5) is 0. The van der Waals surface area contributed by atoms with Crippen molar-refractivity contribution in [2.24, 2.45) is 11.8 Å². The fraction of sp³-hybridized carbons (Fsp3) is 0.519. The molecule has 0 amide bonds. The minimum absolute atomic E-state index is 0.119. The van der Waals surface area contributed by atoms with E-state index >= 15 is 0 Å². The van der Waals surface area contributed by atoms with E-state index in [9.17, 15) is 4.39 Å². The van der Waals surface area contributed by atoms with Crippen LogP contribution in [0.25, 0.3) is 0 Å². The predicted molar refractivity (Wildman–Crippen MR) is 128 cm³/mol. The van der Waals surface area contributed by atoms with E-state index in [2.05, 4.69) is 38.8 Å². The van der Waals surface area contributed by atoms with Gasteiger partial charge in [-0.1, -0.05) is 17.3 Å². The van der Waals surface area contributed by atoms with E-state index in [1.807, 2.05) is 19.1 Å². The van der Waals surface area contributed by atoms with Crippen LogP contribution in [0.2, 0.25) is 0 Å². The lowest BCUT2D eigenvalue weighted by atomic mass is 9.79. The minimum atomic E-state index is -0.119. The maximum atomic E-state index is 14.5. The van der Waals surface area contributed by atoms with Crippen molar-refractivity contribution in [3.63, 3.8) is 0 Å². The number of H-pyrrole nitrogens is 1. The summed E-state index contributed by atoms with van der Waals surface area (Å²) in [5, 5.41) is 14.6. The SMILES string of the molecule is CCOc1ccc(F)c(C2CCC(COc3cccc(C(Cc4nn[nH]n4)C4CC4)c3)CC2)c1. The second-order valence-electron chi connectivity index (χ2n) is 9.69. The highest BCUT2D eigenvalue weighted by molar-refractivity contribution is 5.33. The summed E-state index contributed by atoms with van der Waals surface area (Å²) in [6.45, 7) is 3.25. The van der Waals surface area contributed by atoms with Gasteiger partial charge in [-0.2, -0.15) is 5.21 Å². The number of ether oxygens (including phenoxy) is 2. The second kappa shape index (κ2) is 10.5. The first kappa shape index (κ1) is 22.8. The van der Waals surface area contributed by atoms with E-state index in [4.69, 9.17) is 9.47 Å². The van der Waals surface area contributed by atoms with Crippen molar-refractivity contribution in [3.8, 4) is 11.5 Å². The second-order valence-corrected chi connectivity index (χ2v) is 9.69. The van der Waals surface area contributed by atoms with Crippen molar-refractivity contribution in [1.82, 2.24) is 20.6 Å². The Morgan fingerprint density at radius 1 is 1.00 bits per heavy atom. The van der Waals surface area contributed by atoms with Crippen molar-refractivity contribution in [2.75, 3.05) is 13.2 Å². The van der Waals surface area contributed by atoms with E-state index in [0.717, 1.165) is 55.0 Å². The van der Waals surface area contributed by atoms with E-state index in [1.165, 1.54) is 24.5 Å². The summed E-state index contributed by atoms with van der Waals surface area (Å²) in [5.74, 6) is 4.17. The molecule has 2 aromatic carbocycles. The van der Waals surface area contributed by atoms with Crippen molar-refractivity contribution in [2.45, 2.75) is 63.7 Å². The Kier molecular flexibility index (Phi) is 7.07. The molecule has 0 bridgehead atoms. The van der Waals surface area contributed by atoms with Gasteiger partial charge in [-0.25, -0.2) is 4.39 Å². The van der Waals surface area contributed by atoms with Gasteiger partial charge < -0.3 is 9.47 Å². The molecular weight excluding hydrogens is 431 g/mol. The Balaban J connectivity index is 1.16. The van der Waals surface area contributed by atoms with Crippen LogP contribution in [0, 0.1) is 17.7 Å². The molecule has 1 N–H and O–H groups in total. The van der Waals surface area contributed by atoms with Crippen LogP contribution in [0.3, 0.4) is 0 Å². The fourth-order valence-corrected chi connectivity index (χ4v) is 5.30. The highest BCUT2D eigenvalue weighted by Crippen LogP contribution is 2.44. The lowest BCUT2D eigenvalue weighted by molar-refractivity contribution is 0.199. The van der Waals surface area contributed by atoms with Crippen molar-refractivity contribution in [1.29, 1.82) is 0 Å². The Morgan fingerprint density at radius 2 is 1.82 bits per heavy atom. The molecule has 180 valence electrons. The van der Waals surface area contributed by atoms with Crippen LogP contribution in [0.5, 0.6) is 11.5 Å². The Labute approximate surface area is 200 Å². The molecule has 0 spiro atoms. The quantitative estimate of drug-likeness (QED) is 0.409. The maximum absolute atomic E-state index is 14.5. The number of nitrogens with one attached hydrogen (secondary N) is 1. The number of rotatable bonds is 10. The molecule has 34 heavy (non-hydrogen) atoms. The van der Waals surface area contributed by atoms with E-state index in [0.29, 0.717) is 31.0 Å². The summed E-state index contributed by atoms with van der Waals surface area (Å²) in [6, 6.07) is 13.6. The molecule has 2 aliphatic rings. The first-order valence-corrected chi connectivity index (χ1v) is 12.6.